The maximum atomic E-state index is 12.9. The van der Waals surface area contributed by atoms with Crippen LogP contribution in [0.5, 0.6) is 0 Å². The molecule has 4 aliphatic carbocycles. The summed E-state index contributed by atoms with van der Waals surface area (Å²) in [5, 5.41) is 0. The summed E-state index contributed by atoms with van der Waals surface area (Å²) in [7, 11) is 0. The summed E-state index contributed by atoms with van der Waals surface area (Å²) in [5.41, 5.74) is 3.46. The first-order valence-corrected chi connectivity index (χ1v) is 12.9. The van der Waals surface area contributed by atoms with Crippen molar-refractivity contribution < 1.29 is 14.3 Å². The summed E-state index contributed by atoms with van der Waals surface area (Å²) in [4.78, 5) is 25.7. The number of rotatable bonds is 2. The molecule has 0 aromatic rings. The Morgan fingerprint density at radius 3 is 2.45 bits per heavy atom. The van der Waals surface area contributed by atoms with Crippen LogP contribution in [-0.2, 0) is 14.3 Å². The van der Waals surface area contributed by atoms with Crippen LogP contribution in [0, 0.1) is 39.4 Å². The molecule has 5 rings (SSSR count). The van der Waals surface area contributed by atoms with Gasteiger partial charge in [0.05, 0.1) is 0 Å². The molecule has 33 heavy (non-hydrogen) atoms. The van der Waals surface area contributed by atoms with Crippen LogP contribution in [0.25, 0.3) is 0 Å². The predicted octanol–water partition coefficient (Wildman–Crippen LogP) is 7.10. The van der Waals surface area contributed by atoms with Crippen LogP contribution in [0.1, 0.15) is 86.5 Å². The molecule has 5 aliphatic rings. The van der Waals surface area contributed by atoms with Crippen molar-refractivity contribution in [3.05, 3.63) is 47.3 Å². The molecule has 0 saturated heterocycles. The molecule has 0 aromatic carbocycles. The highest BCUT2D eigenvalue weighted by Crippen LogP contribution is 2.73. The molecule has 0 radical (unpaired) electrons. The molecule has 0 N–H and O–H groups in total. The second kappa shape index (κ2) is 7.06. The van der Waals surface area contributed by atoms with E-state index in [1.54, 1.807) is 5.57 Å². The van der Waals surface area contributed by atoms with Crippen LogP contribution in [0.3, 0.4) is 0 Å². The lowest BCUT2D eigenvalue weighted by atomic mass is 9.41. The number of allylic oxidation sites excluding steroid dienone is 5. The highest BCUT2D eigenvalue weighted by Gasteiger charge is 2.65. The molecule has 1 heterocycles. The van der Waals surface area contributed by atoms with Crippen molar-refractivity contribution in [2.45, 2.75) is 86.5 Å². The summed E-state index contributed by atoms with van der Waals surface area (Å²) in [6.45, 7) is 17.6. The first kappa shape index (κ1) is 22.9. The number of carbonyl (C=O) groups is 2. The summed E-state index contributed by atoms with van der Waals surface area (Å²) in [6.07, 6.45) is 13.5. The Balaban J connectivity index is 1.52. The molecule has 178 valence electrons. The van der Waals surface area contributed by atoms with Gasteiger partial charge in [0.2, 0.25) is 0 Å². The Labute approximate surface area is 199 Å². The summed E-state index contributed by atoms with van der Waals surface area (Å²) < 4.78 is 5.60. The van der Waals surface area contributed by atoms with Crippen molar-refractivity contribution in [2.24, 2.45) is 39.4 Å². The topological polar surface area (TPSA) is 43.4 Å². The number of Topliss-reactive ketones (excluding diaryl/α,β-unsaturated/α-hetero) is 1. The van der Waals surface area contributed by atoms with E-state index in [0.717, 1.165) is 56.1 Å². The molecule has 3 fully saturated rings. The zero-order valence-electron chi connectivity index (χ0n) is 21.3. The van der Waals surface area contributed by atoms with Gasteiger partial charge in [-0.3, -0.25) is 4.79 Å². The first-order valence-electron chi connectivity index (χ1n) is 12.9. The number of ether oxygens (including phenoxy) is 1. The van der Waals surface area contributed by atoms with E-state index in [4.69, 9.17) is 4.74 Å². The molecule has 3 heteroatoms. The number of hydrogen-bond donors (Lipinski definition) is 0. The zero-order valence-corrected chi connectivity index (χ0v) is 21.3. The highest BCUT2D eigenvalue weighted by atomic mass is 16.5. The molecule has 0 aromatic heterocycles. The fourth-order valence-electron chi connectivity index (χ4n) is 8.97. The van der Waals surface area contributed by atoms with E-state index in [1.165, 1.54) is 0 Å². The maximum absolute atomic E-state index is 12.9. The van der Waals surface area contributed by atoms with Crippen molar-refractivity contribution in [3.63, 3.8) is 0 Å². The smallest absolute Gasteiger partial charge is 0.339 e. The summed E-state index contributed by atoms with van der Waals surface area (Å²) in [5.74, 6) is 2.10. The second-order valence-corrected chi connectivity index (χ2v) is 12.9. The molecule has 3 nitrogen and oxygen atoms in total. The molecular formula is C30H40O3. The Kier molecular flexibility index (Phi) is 4.89. The Morgan fingerprint density at radius 2 is 1.76 bits per heavy atom. The van der Waals surface area contributed by atoms with Crippen LogP contribution < -0.4 is 0 Å². The van der Waals surface area contributed by atoms with Gasteiger partial charge in [0.1, 0.15) is 11.5 Å². The minimum atomic E-state index is -0.237. The molecule has 0 amide bonds. The third-order valence-corrected chi connectivity index (χ3v) is 11.1. The average Bonchev–Trinajstić information content (AvgIpc) is 3.20. The van der Waals surface area contributed by atoms with Gasteiger partial charge in [-0.15, -0.1) is 0 Å². The molecule has 0 spiro atoms. The quantitative estimate of drug-likeness (QED) is 0.334. The lowest BCUT2D eigenvalue weighted by Crippen LogP contribution is -2.57. The normalized spacial score (nSPS) is 45.0. The lowest BCUT2D eigenvalue weighted by molar-refractivity contribution is -0.145. The largest absolute Gasteiger partial charge is 0.423 e. The number of fused-ring (bicyclic) bond motifs is 5. The van der Waals surface area contributed by atoms with Crippen molar-refractivity contribution in [1.29, 1.82) is 0 Å². The van der Waals surface area contributed by atoms with Gasteiger partial charge >= 0.3 is 5.97 Å². The minimum Gasteiger partial charge on any atom is -0.423 e. The Bertz CT molecular complexity index is 1040. The third kappa shape index (κ3) is 2.93. The van der Waals surface area contributed by atoms with Gasteiger partial charge in [0, 0.05) is 17.4 Å². The molecule has 6 atom stereocenters. The van der Waals surface area contributed by atoms with Crippen molar-refractivity contribution in [1.82, 2.24) is 0 Å². The SMILES string of the molecule is C=C(C)/C=C1/C=C([C@@H]2CC[C@]3(C)C4=CC[C@H]5C(C)(C)C(=O)CC[C@]5(C)[C@H]4CC[C@@]23C)C(=O)O1. The van der Waals surface area contributed by atoms with Crippen LogP contribution >= 0.6 is 0 Å². The first-order chi connectivity index (χ1) is 15.3. The number of ketones is 1. The van der Waals surface area contributed by atoms with Crippen LogP contribution in [-0.4, -0.2) is 11.8 Å². The molecule has 0 bridgehead atoms. The van der Waals surface area contributed by atoms with E-state index in [-0.39, 0.29) is 33.5 Å². The predicted molar refractivity (Wildman–Crippen MR) is 131 cm³/mol. The van der Waals surface area contributed by atoms with Crippen molar-refractivity contribution in [2.75, 3.05) is 0 Å². The third-order valence-electron chi connectivity index (χ3n) is 11.1. The van der Waals surface area contributed by atoms with E-state index in [9.17, 15) is 9.59 Å². The van der Waals surface area contributed by atoms with Crippen molar-refractivity contribution >= 4 is 11.8 Å². The van der Waals surface area contributed by atoms with Gasteiger partial charge < -0.3 is 4.74 Å². The molecular weight excluding hydrogens is 408 g/mol. The molecule has 1 aliphatic heterocycles. The average molecular weight is 449 g/mol. The van der Waals surface area contributed by atoms with Crippen LogP contribution in [0.4, 0.5) is 0 Å². The van der Waals surface area contributed by atoms with Gasteiger partial charge in [-0.2, -0.15) is 0 Å². The monoisotopic (exact) mass is 448 g/mol. The van der Waals surface area contributed by atoms with Gasteiger partial charge in [0.25, 0.3) is 0 Å². The zero-order chi connectivity index (χ0) is 24.0. The Morgan fingerprint density at radius 1 is 1.06 bits per heavy atom. The van der Waals surface area contributed by atoms with Gasteiger partial charge in [-0.05, 0) is 91.6 Å². The van der Waals surface area contributed by atoms with E-state index in [1.807, 2.05) is 19.1 Å². The second-order valence-electron chi connectivity index (χ2n) is 12.9. The van der Waals surface area contributed by atoms with Crippen LogP contribution in [0.15, 0.2) is 47.3 Å². The van der Waals surface area contributed by atoms with Gasteiger partial charge in [0.15, 0.2) is 0 Å². The van der Waals surface area contributed by atoms with E-state index >= 15 is 0 Å². The number of cyclic esters (lactones) is 1. The fraction of sp³-hybridized carbons (Fsp3) is 0.667. The Hall–Kier alpha value is -1.90. The fourth-order valence-corrected chi connectivity index (χ4v) is 8.97. The number of esters is 1. The maximum Gasteiger partial charge on any atom is 0.339 e. The van der Waals surface area contributed by atoms with Crippen LogP contribution in [0.2, 0.25) is 0 Å². The van der Waals surface area contributed by atoms with E-state index < -0.39 is 0 Å². The van der Waals surface area contributed by atoms with Gasteiger partial charge in [-0.25, -0.2) is 4.79 Å². The number of carbonyl (C=O) groups excluding carboxylic acids is 2. The molecule has 0 unspecified atom stereocenters. The standard InChI is InChI=1S/C30H40O3/c1-18(2)16-19-17-20(26(32)33-19)21-10-14-30(7)23-8-9-24-27(3,4)25(31)12-13-28(24,5)22(23)11-15-29(21,30)6/h8,16-17,21-22,24H,1,9-15H2,2-7H3/b19-16-/t21-,22-,24-,28+,29-,30+/m0/s1. The summed E-state index contributed by atoms with van der Waals surface area (Å²) >= 11 is 0. The van der Waals surface area contributed by atoms with E-state index in [0.29, 0.717) is 23.4 Å². The minimum absolute atomic E-state index is 0.0437. The van der Waals surface area contributed by atoms with Gasteiger partial charge in [-0.1, -0.05) is 58.4 Å². The van der Waals surface area contributed by atoms with E-state index in [2.05, 4.69) is 47.3 Å². The molecule has 3 saturated carbocycles. The highest BCUT2D eigenvalue weighted by molar-refractivity contribution is 5.93. The lowest BCUT2D eigenvalue weighted by Gasteiger charge is -2.63. The summed E-state index contributed by atoms with van der Waals surface area (Å²) in [6, 6.07) is 0. The number of hydrogen-bond acceptors (Lipinski definition) is 3. The van der Waals surface area contributed by atoms with Crippen molar-refractivity contribution in [3.8, 4) is 0 Å².